The topological polar surface area (TPSA) is 97.5 Å². The summed E-state index contributed by atoms with van der Waals surface area (Å²) in [5.74, 6) is 0.281. The first-order valence-electron chi connectivity index (χ1n) is 13.8. The lowest BCUT2D eigenvalue weighted by atomic mass is 9.83. The van der Waals surface area contributed by atoms with E-state index in [1.807, 2.05) is 69.3 Å². The number of anilines is 1. The van der Waals surface area contributed by atoms with E-state index in [9.17, 15) is 9.59 Å². The van der Waals surface area contributed by atoms with Gasteiger partial charge in [-0.25, -0.2) is 4.79 Å². The van der Waals surface area contributed by atoms with Crippen molar-refractivity contribution in [2.75, 3.05) is 19.0 Å². The zero-order chi connectivity index (χ0) is 28.0. The normalized spacial score (nSPS) is 17.4. The Morgan fingerprint density at radius 1 is 1.03 bits per heavy atom. The smallest absolute Gasteiger partial charge is 0.409 e. The van der Waals surface area contributed by atoms with Crippen LogP contribution in [0.5, 0.6) is 0 Å². The highest BCUT2D eigenvalue weighted by Gasteiger charge is 2.28. The molecule has 1 aliphatic rings. The molecule has 206 valence electrons. The Morgan fingerprint density at radius 2 is 1.69 bits per heavy atom. The molecule has 3 aromatic rings. The molecule has 1 aromatic heterocycles. The average molecular weight is 529 g/mol. The van der Waals surface area contributed by atoms with Crippen molar-refractivity contribution in [3.8, 4) is 22.4 Å². The van der Waals surface area contributed by atoms with Gasteiger partial charge in [0, 0.05) is 36.2 Å². The molecule has 0 bridgehead atoms. The van der Waals surface area contributed by atoms with E-state index in [4.69, 9.17) is 15.5 Å². The van der Waals surface area contributed by atoms with E-state index >= 15 is 0 Å². The Hall–Kier alpha value is -3.71. The fourth-order valence-corrected chi connectivity index (χ4v) is 5.24. The molecule has 4 rings (SSSR count). The molecule has 2 aromatic carbocycles. The summed E-state index contributed by atoms with van der Waals surface area (Å²) in [4.78, 5) is 31.5. The highest BCUT2D eigenvalue weighted by molar-refractivity contribution is 5.93. The zero-order valence-electron chi connectivity index (χ0n) is 23.4. The minimum atomic E-state index is -0.418. The van der Waals surface area contributed by atoms with Gasteiger partial charge in [0.25, 0.3) is 0 Å². The van der Waals surface area contributed by atoms with Crippen molar-refractivity contribution in [2.45, 2.75) is 64.5 Å². The van der Waals surface area contributed by atoms with Crippen molar-refractivity contribution in [3.63, 3.8) is 0 Å². The molecule has 7 nitrogen and oxygen atoms in total. The molecule has 0 spiro atoms. The Kier molecular flexibility index (Phi) is 9.02. The number of nitrogens with zero attached hydrogens (tertiary/aromatic N) is 2. The number of carbonyl (C=O) groups excluding carboxylic acids is 2. The second-order valence-electron chi connectivity index (χ2n) is 11.0. The van der Waals surface area contributed by atoms with Crippen LogP contribution in [0.1, 0.15) is 58.4 Å². The first-order chi connectivity index (χ1) is 18.7. The lowest BCUT2D eigenvalue weighted by Crippen LogP contribution is -2.40. The summed E-state index contributed by atoms with van der Waals surface area (Å²) in [5, 5.41) is 3.07. The maximum absolute atomic E-state index is 13.0. The first-order valence-corrected chi connectivity index (χ1v) is 13.8. The van der Waals surface area contributed by atoms with Crippen LogP contribution in [0.15, 0.2) is 66.9 Å². The van der Waals surface area contributed by atoms with Crippen molar-refractivity contribution >= 4 is 17.7 Å². The summed E-state index contributed by atoms with van der Waals surface area (Å²) in [6.45, 7) is 6.16. The van der Waals surface area contributed by atoms with Gasteiger partial charge in [0.15, 0.2) is 0 Å². The van der Waals surface area contributed by atoms with Crippen molar-refractivity contribution in [1.29, 1.82) is 0 Å². The molecular weight excluding hydrogens is 488 g/mol. The third-order valence-electron chi connectivity index (χ3n) is 7.55. The second kappa shape index (κ2) is 12.4. The van der Waals surface area contributed by atoms with Gasteiger partial charge in [-0.3, -0.25) is 9.78 Å². The van der Waals surface area contributed by atoms with Gasteiger partial charge in [-0.1, -0.05) is 54.6 Å². The van der Waals surface area contributed by atoms with Gasteiger partial charge in [0.2, 0.25) is 5.91 Å². The molecule has 7 heteroatoms. The quantitative estimate of drug-likeness (QED) is 0.344. The van der Waals surface area contributed by atoms with Gasteiger partial charge in [0.1, 0.15) is 0 Å². The Bertz CT molecular complexity index is 1260. The average Bonchev–Trinajstić information content (AvgIpc) is 2.93. The molecule has 2 amide bonds. The number of hydrogen-bond donors (Lipinski definition) is 2. The van der Waals surface area contributed by atoms with Crippen molar-refractivity contribution < 1.29 is 14.3 Å². The molecule has 3 N–H and O–H groups in total. The fourth-order valence-electron chi connectivity index (χ4n) is 5.24. The highest BCUT2D eigenvalue weighted by atomic mass is 16.6. The van der Waals surface area contributed by atoms with E-state index in [1.54, 1.807) is 18.1 Å². The summed E-state index contributed by atoms with van der Waals surface area (Å²) in [6, 6.07) is 20.4. The summed E-state index contributed by atoms with van der Waals surface area (Å²) >= 11 is 0. The first kappa shape index (κ1) is 28.3. The van der Waals surface area contributed by atoms with Gasteiger partial charge >= 0.3 is 6.09 Å². The van der Waals surface area contributed by atoms with Crippen LogP contribution in [0.3, 0.4) is 0 Å². The van der Waals surface area contributed by atoms with E-state index < -0.39 is 5.54 Å². The lowest BCUT2D eigenvalue weighted by Gasteiger charge is -2.33. The number of carbonyl (C=O) groups is 2. The van der Waals surface area contributed by atoms with Crippen LogP contribution in [0.2, 0.25) is 0 Å². The second-order valence-corrected chi connectivity index (χ2v) is 11.0. The summed E-state index contributed by atoms with van der Waals surface area (Å²) < 4.78 is 5.12. The van der Waals surface area contributed by atoms with Gasteiger partial charge in [-0.05, 0) is 69.6 Å². The maximum atomic E-state index is 13.0. The minimum Gasteiger partial charge on any atom is -0.450 e. The van der Waals surface area contributed by atoms with Crippen molar-refractivity contribution in [3.05, 3.63) is 72.4 Å². The number of ether oxygens (including phenoxy) is 1. The van der Waals surface area contributed by atoms with E-state index in [0.717, 1.165) is 53.6 Å². The van der Waals surface area contributed by atoms with Gasteiger partial charge in [-0.2, -0.15) is 0 Å². The Morgan fingerprint density at radius 3 is 2.31 bits per heavy atom. The van der Waals surface area contributed by atoms with E-state index in [1.165, 1.54) is 0 Å². The van der Waals surface area contributed by atoms with Crippen molar-refractivity contribution in [2.24, 2.45) is 11.7 Å². The molecule has 0 aliphatic heterocycles. The summed E-state index contributed by atoms with van der Waals surface area (Å²) in [7, 11) is 1.80. The van der Waals surface area contributed by atoms with E-state index in [0.29, 0.717) is 24.6 Å². The molecular formula is C32H40N4O3. The molecule has 39 heavy (non-hydrogen) atoms. The molecule has 0 unspecified atom stereocenters. The van der Waals surface area contributed by atoms with Crippen LogP contribution in [0.4, 0.5) is 10.5 Å². The van der Waals surface area contributed by atoms with E-state index in [2.05, 4.69) is 17.4 Å². The van der Waals surface area contributed by atoms with E-state index in [-0.39, 0.29) is 18.0 Å². The predicted molar refractivity (Wildman–Crippen MR) is 156 cm³/mol. The lowest BCUT2D eigenvalue weighted by molar-refractivity contribution is -0.117. The number of nitrogens with two attached hydrogens (primary N) is 1. The SMILES string of the molecule is CCOC(=O)N(C)[C@H]1CC[C@H](CC(=O)Nc2cnc(-c3ccc(C(C)(C)N)cc3)c(-c3ccccc3)c2)CC1. The number of aromatic nitrogens is 1. The van der Waals surface area contributed by atoms with Crippen LogP contribution in [-0.2, 0) is 15.1 Å². The molecule has 1 saturated carbocycles. The van der Waals surface area contributed by atoms with Gasteiger partial charge < -0.3 is 20.7 Å². The Balaban J connectivity index is 1.45. The predicted octanol–water partition coefficient (Wildman–Crippen LogP) is 6.59. The third kappa shape index (κ3) is 7.24. The number of amides is 2. The zero-order valence-corrected chi connectivity index (χ0v) is 23.4. The van der Waals surface area contributed by atoms with Crippen LogP contribution in [0.25, 0.3) is 22.4 Å². The number of pyridine rings is 1. The maximum Gasteiger partial charge on any atom is 0.409 e. The third-order valence-corrected chi connectivity index (χ3v) is 7.55. The van der Waals surface area contributed by atoms with Crippen LogP contribution >= 0.6 is 0 Å². The minimum absolute atomic E-state index is 0.0136. The van der Waals surface area contributed by atoms with Gasteiger partial charge in [0.05, 0.1) is 24.2 Å². The molecule has 0 radical (unpaired) electrons. The molecule has 1 fully saturated rings. The van der Waals surface area contributed by atoms with Crippen LogP contribution < -0.4 is 11.1 Å². The number of nitrogens with one attached hydrogen (secondary N) is 1. The standard InChI is InChI=1S/C32H40N4O3/c1-5-39-31(38)36(4)27-17-11-22(12-18-27)19-29(37)35-26-20-28(23-9-7-6-8-10-23)30(34-21-26)24-13-15-25(16-14-24)32(2,3)33/h6-10,13-16,20-22,27H,5,11-12,17-19,33H2,1-4H3,(H,35,37)/t22-,27-. The van der Waals surface area contributed by atoms with Crippen LogP contribution in [-0.4, -0.2) is 41.6 Å². The summed E-state index contributed by atoms with van der Waals surface area (Å²) in [5.41, 5.74) is 11.4. The number of hydrogen-bond acceptors (Lipinski definition) is 5. The molecule has 0 saturated heterocycles. The fraction of sp³-hybridized carbons (Fsp3) is 0.406. The molecule has 1 aliphatic carbocycles. The van der Waals surface area contributed by atoms with Gasteiger partial charge in [-0.15, -0.1) is 0 Å². The number of rotatable bonds is 8. The molecule has 0 atom stereocenters. The van der Waals surface area contributed by atoms with Crippen molar-refractivity contribution in [1.82, 2.24) is 9.88 Å². The summed E-state index contributed by atoms with van der Waals surface area (Å²) in [6.07, 6.45) is 5.47. The molecule has 1 heterocycles. The largest absolute Gasteiger partial charge is 0.450 e. The highest BCUT2D eigenvalue weighted by Crippen LogP contribution is 2.34. The monoisotopic (exact) mass is 528 g/mol. The number of benzene rings is 2. The Labute approximate surface area is 231 Å². The van der Waals surface area contributed by atoms with Crippen LogP contribution in [0, 0.1) is 5.92 Å².